The van der Waals surface area contributed by atoms with Crippen LogP contribution in [0.5, 0.6) is 0 Å². The number of rotatable bonds is 5. The fourth-order valence-electron chi connectivity index (χ4n) is 5.01. The predicted octanol–water partition coefficient (Wildman–Crippen LogP) is 3.06. The third-order valence-electron chi connectivity index (χ3n) is 6.79. The van der Waals surface area contributed by atoms with E-state index in [4.69, 9.17) is 0 Å². The van der Waals surface area contributed by atoms with Gasteiger partial charge < -0.3 is 15.1 Å². The van der Waals surface area contributed by atoms with Crippen LogP contribution in [-0.4, -0.2) is 64.2 Å². The van der Waals surface area contributed by atoms with E-state index in [0.29, 0.717) is 32.5 Å². The van der Waals surface area contributed by atoms with E-state index in [2.05, 4.69) is 22.5 Å². The first-order chi connectivity index (χ1) is 15.5. The molecule has 0 unspecified atom stereocenters. The fraction of sp³-hybridized carbons (Fsp3) is 0.583. The van der Waals surface area contributed by atoms with Crippen molar-refractivity contribution in [1.29, 1.82) is 0 Å². The lowest BCUT2D eigenvalue weighted by Crippen LogP contribution is -2.55. The molecule has 0 aromatic carbocycles. The van der Waals surface area contributed by atoms with Crippen LogP contribution >= 0.6 is 11.3 Å². The van der Waals surface area contributed by atoms with E-state index in [-0.39, 0.29) is 17.7 Å². The molecule has 32 heavy (non-hydrogen) atoms. The molecule has 1 N–H and O–H groups in total. The summed E-state index contributed by atoms with van der Waals surface area (Å²) in [6, 6.07) is -0.858. The van der Waals surface area contributed by atoms with Crippen LogP contribution in [-0.2, 0) is 14.4 Å². The minimum Gasteiger partial charge on any atom is -0.351 e. The molecule has 0 radical (unpaired) electrons. The first-order valence-corrected chi connectivity index (χ1v) is 12.5. The topological polar surface area (TPSA) is 82.6 Å². The predicted molar refractivity (Wildman–Crippen MR) is 125 cm³/mol. The minimum absolute atomic E-state index is 0.0616. The summed E-state index contributed by atoms with van der Waals surface area (Å²) in [5.41, 5.74) is 5.44. The zero-order chi connectivity index (χ0) is 22.7. The van der Waals surface area contributed by atoms with Crippen molar-refractivity contribution in [1.82, 2.24) is 20.1 Å². The summed E-state index contributed by atoms with van der Waals surface area (Å²) in [4.78, 5) is 47.2. The first-order valence-electron chi connectivity index (χ1n) is 11.6. The molecule has 0 saturated carbocycles. The third kappa shape index (κ3) is 4.80. The average Bonchev–Trinajstić information content (AvgIpc) is 3.46. The first kappa shape index (κ1) is 22.7. The molecule has 8 heteroatoms. The van der Waals surface area contributed by atoms with Crippen molar-refractivity contribution in [3.63, 3.8) is 0 Å². The quantitative estimate of drug-likeness (QED) is 0.738. The van der Waals surface area contributed by atoms with Gasteiger partial charge in [-0.15, -0.1) is 11.3 Å². The van der Waals surface area contributed by atoms with Crippen LogP contribution in [0.25, 0.3) is 5.57 Å². The number of aryl methyl sites for hydroxylation is 1. The Morgan fingerprint density at radius 1 is 1.06 bits per heavy atom. The molecule has 3 amide bonds. The number of likely N-dealkylation sites (tertiary alicyclic amines) is 2. The Labute approximate surface area is 193 Å². The summed E-state index contributed by atoms with van der Waals surface area (Å²) in [5.74, 6) is -0.217. The lowest BCUT2D eigenvalue weighted by Gasteiger charge is -2.37. The molecule has 1 aromatic rings. The van der Waals surface area contributed by atoms with E-state index in [9.17, 15) is 14.4 Å². The highest BCUT2D eigenvalue weighted by Crippen LogP contribution is 2.31. The number of amides is 3. The molecule has 1 aliphatic carbocycles. The monoisotopic (exact) mass is 456 g/mol. The van der Waals surface area contributed by atoms with Gasteiger partial charge in [-0.2, -0.15) is 0 Å². The van der Waals surface area contributed by atoms with Gasteiger partial charge in [0.15, 0.2) is 0 Å². The van der Waals surface area contributed by atoms with Crippen LogP contribution in [0.3, 0.4) is 0 Å². The molecule has 2 fully saturated rings. The van der Waals surface area contributed by atoms with Crippen molar-refractivity contribution in [2.24, 2.45) is 0 Å². The van der Waals surface area contributed by atoms with Gasteiger partial charge in [-0.1, -0.05) is 17.7 Å². The number of allylic oxidation sites excluding steroid dienone is 3. The SMILES string of the molecule is CC(=O)N1CCCC[C@H]1C(=O)N1CCC[C@H]1C(=O)NCC1=CC=C(c2scnc2C)CC1. The maximum atomic E-state index is 13.2. The summed E-state index contributed by atoms with van der Waals surface area (Å²) in [7, 11) is 0. The van der Waals surface area contributed by atoms with Crippen molar-refractivity contribution in [3.05, 3.63) is 33.8 Å². The Morgan fingerprint density at radius 2 is 1.84 bits per heavy atom. The summed E-state index contributed by atoms with van der Waals surface area (Å²) >= 11 is 1.67. The van der Waals surface area contributed by atoms with Crippen molar-refractivity contribution in [2.45, 2.75) is 70.9 Å². The molecule has 2 aliphatic heterocycles. The van der Waals surface area contributed by atoms with Crippen LogP contribution in [0, 0.1) is 6.92 Å². The van der Waals surface area contributed by atoms with Gasteiger partial charge in [-0.05, 0) is 57.4 Å². The Morgan fingerprint density at radius 3 is 2.53 bits per heavy atom. The molecule has 7 nitrogen and oxygen atoms in total. The van der Waals surface area contributed by atoms with Gasteiger partial charge in [0.25, 0.3) is 0 Å². The van der Waals surface area contributed by atoms with Crippen LogP contribution in [0.4, 0.5) is 0 Å². The minimum atomic E-state index is -0.437. The van der Waals surface area contributed by atoms with Crippen LogP contribution < -0.4 is 5.32 Å². The molecule has 0 bridgehead atoms. The molecule has 1 aromatic heterocycles. The Kier molecular flexibility index (Phi) is 7.08. The van der Waals surface area contributed by atoms with Crippen molar-refractivity contribution >= 4 is 34.6 Å². The number of carbonyl (C=O) groups excluding carboxylic acids is 3. The van der Waals surface area contributed by atoms with Gasteiger partial charge in [-0.25, -0.2) is 4.98 Å². The van der Waals surface area contributed by atoms with Gasteiger partial charge in [0, 0.05) is 26.6 Å². The smallest absolute Gasteiger partial charge is 0.246 e. The molecule has 3 aliphatic rings. The van der Waals surface area contributed by atoms with Gasteiger partial charge in [0.05, 0.1) is 16.1 Å². The van der Waals surface area contributed by atoms with Gasteiger partial charge in [-0.3, -0.25) is 14.4 Å². The zero-order valence-corrected chi connectivity index (χ0v) is 19.7. The standard InChI is InChI=1S/C24H32N4O3S/c1-16-22(32-15-26-16)19-10-8-18(9-11-19)14-25-23(30)20-7-5-13-28(20)24(31)21-6-3-4-12-27(21)17(2)29/h8,10,15,20-21H,3-7,9,11-14H2,1-2H3,(H,25,30)/t20-,21-/m0/s1. The normalized spacial score (nSPS) is 23.6. The van der Waals surface area contributed by atoms with Gasteiger partial charge in [0.1, 0.15) is 12.1 Å². The lowest BCUT2D eigenvalue weighted by atomic mass is 9.96. The van der Waals surface area contributed by atoms with E-state index < -0.39 is 12.1 Å². The second kappa shape index (κ2) is 9.98. The van der Waals surface area contributed by atoms with Crippen molar-refractivity contribution in [2.75, 3.05) is 19.6 Å². The third-order valence-corrected chi connectivity index (χ3v) is 7.80. The van der Waals surface area contributed by atoms with Crippen LogP contribution in [0.2, 0.25) is 0 Å². The Bertz CT molecular complexity index is 951. The van der Waals surface area contributed by atoms with Crippen molar-refractivity contribution in [3.8, 4) is 0 Å². The average molecular weight is 457 g/mol. The molecule has 2 saturated heterocycles. The van der Waals surface area contributed by atoms with Gasteiger partial charge in [0.2, 0.25) is 17.7 Å². The van der Waals surface area contributed by atoms with Gasteiger partial charge >= 0.3 is 0 Å². The number of nitrogens with one attached hydrogen (secondary N) is 1. The van der Waals surface area contributed by atoms with E-state index in [1.807, 2.05) is 12.4 Å². The highest BCUT2D eigenvalue weighted by molar-refractivity contribution is 7.10. The second-order valence-corrected chi connectivity index (χ2v) is 9.77. The number of nitrogens with zero attached hydrogens (tertiary/aromatic N) is 3. The second-order valence-electron chi connectivity index (χ2n) is 8.92. The lowest BCUT2D eigenvalue weighted by molar-refractivity contribution is -0.149. The van der Waals surface area contributed by atoms with Crippen molar-refractivity contribution < 1.29 is 14.4 Å². The maximum absolute atomic E-state index is 13.2. The van der Waals surface area contributed by atoms with Crippen LogP contribution in [0.15, 0.2) is 23.2 Å². The van der Waals surface area contributed by atoms with E-state index in [0.717, 1.165) is 37.8 Å². The Hall–Kier alpha value is -2.48. The summed E-state index contributed by atoms with van der Waals surface area (Å²) in [6.45, 7) is 5.27. The number of carbonyl (C=O) groups is 3. The number of thiazole rings is 1. The number of aromatic nitrogens is 1. The maximum Gasteiger partial charge on any atom is 0.246 e. The summed E-state index contributed by atoms with van der Waals surface area (Å²) < 4.78 is 0. The highest BCUT2D eigenvalue weighted by Gasteiger charge is 2.40. The molecular formula is C24H32N4O3S. The molecule has 0 spiro atoms. The van der Waals surface area contributed by atoms with Crippen LogP contribution in [0.1, 0.15) is 62.4 Å². The Balaban J connectivity index is 1.35. The molecule has 3 heterocycles. The molecule has 2 atom stereocenters. The summed E-state index contributed by atoms with van der Waals surface area (Å²) in [6.07, 6.45) is 10.1. The molecule has 172 valence electrons. The summed E-state index contributed by atoms with van der Waals surface area (Å²) in [5, 5.41) is 3.06. The molecule has 4 rings (SSSR count). The van der Waals surface area contributed by atoms with E-state index >= 15 is 0 Å². The zero-order valence-electron chi connectivity index (χ0n) is 18.9. The van der Waals surface area contributed by atoms with E-state index in [1.165, 1.54) is 22.9 Å². The fourth-order valence-corrected chi connectivity index (χ4v) is 5.87. The highest BCUT2D eigenvalue weighted by atomic mass is 32.1. The number of piperidine rings is 1. The number of hydrogen-bond donors (Lipinski definition) is 1. The number of hydrogen-bond acceptors (Lipinski definition) is 5. The van der Waals surface area contributed by atoms with E-state index in [1.54, 1.807) is 21.1 Å². The molecular weight excluding hydrogens is 424 g/mol. The largest absolute Gasteiger partial charge is 0.351 e.